The van der Waals surface area contributed by atoms with E-state index in [4.69, 9.17) is 9.15 Å². The van der Waals surface area contributed by atoms with Crippen LogP contribution in [0, 0.1) is 13.8 Å². The van der Waals surface area contributed by atoms with Gasteiger partial charge in [-0.05, 0) is 50.6 Å². The molecule has 0 saturated heterocycles. The Morgan fingerprint density at radius 1 is 1.17 bits per heavy atom. The molecule has 0 spiro atoms. The van der Waals surface area contributed by atoms with Gasteiger partial charge in [-0.3, -0.25) is 4.98 Å². The zero-order chi connectivity index (χ0) is 20.8. The molecule has 0 aliphatic heterocycles. The topological polar surface area (TPSA) is 73.1 Å². The Morgan fingerprint density at radius 3 is 2.90 bits per heavy atom. The molecule has 4 aromatic rings. The fraction of sp³-hybridized carbons (Fsp3) is 0.318. The van der Waals surface area contributed by atoms with E-state index in [0.29, 0.717) is 6.61 Å². The van der Waals surface area contributed by atoms with Crippen LogP contribution >= 0.6 is 23.1 Å². The number of hydrogen-bond donors (Lipinski definition) is 1. The van der Waals surface area contributed by atoms with E-state index in [1.165, 1.54) is 5.56 Å². The summed E-state index contributed by atoms with van der Waals surface area (Å²) in [5.41, 5.74) is 3.18. The summed E-state index contributed by atoms with van der Waals surface area (Å²) in [5.74, 6) is 2.56. The van der Waals surface area contributed by atoms with Crippen LogP contribution in [0.1, 0.15) is 28.3 Å². The number of aryl methyl sites for hydroxylation is 2. The number of hydrogen-bond acceptors (Lipinski definition) is 8. The van der Waals surface area contributed by atoms with Gasteiger partial charge in [0.1, 0.15) is 22.1 Å². The standard InChI is InChI=1S/C22H24N4O2S2/c1-15-20(14-29-22-26-25-16(2)30-22)28-19-8-3-7-18(21(15)19)27-11-5-10-24-13-17-6-4-9-23-12-17/h3-4,6-9,12,24H,5,10-11,13-14H2,1-2H3. The van der Waals surface area contributed by atoms with Crippen molar-refractivity contribution in [2.24, 2.45) is 0 Å². The first-order chi connectivity index (χ1) is 14.7. The molecule has 0 bridgehead atoms. The lowest BCUT2D eigenvalue weighted by Gasteiger charge is -2.08. The summed E-state index contributed by atoms with van der Waals surface area (Å²) < 4.78 is 13.2. The van der Waals surface area contributed by atoms with Gasteiger partial charge in [-0.2, -0.15) is 0 Å². The zero-order valence-corrected chi connectivity index (χ0v) is 18.7. The summed E-state index contributed by atoms with van der Waals surface area (Å²) in [6.07, 6.45) is 4.59. The molecular formula is C22H24N4O2S2. The largest absolute Gasteiger partial charge is 0.493 e. The molecule has 0 amide bonds. The highest BCUT2D eigenvalue weighted by Gasteiger charge is 2.15. The first-order valence-corrected chi connectivity index (χ1v) is 11.7. The van der Waals surface area contributed by atoms with E-state index >= 15 is 0 Å². The second-order valence-corrected chi connectivity index (χ2v) is 9.30. The molecule has 0 radical (unpaired) electrons. The molecule has 156 valence electrons. The predicted octanol–water partition coefficient (Wildman–Crippen LogP) is 5.15. The van der Waals surface area contributed by atoms with Crippen molar-refractivity contribution in [2.45, 2.75) is 36.9 Å². The van der Waals surface area contributed by atoms with Crippen LogP contribution < -0.4 is 10.1 Å². The lowest BCUT2D eigenvalue weighted by atomic mass is 10.1. The Bertz CT molecular complexity index is 1100. The number of ether oxygens (including phenoxy) is 1. The Morgan fingerprint density at radius 2 is 2.10 bits per heavy atom. The molecule has 8 heteroatoms. The summed E-state index contributed by atoms with van der Waals surface area (Å²) in [4.78, 5) is 4.13. The van der Waals surface area contributed by atoms with E-state index in [0.717, 1.165) is 62.7 Å². The van der Waals surface area contributed by atoms with Gasteiger partial charge >= 0.3 is 0 Å². The van der Waals surface area contributed by atoms with Gasteiger partial charge in [-0.25, -0.2) is 0 Å². The van der Waals surface area contributed by atoms with Crippen LogP contribution in [0.4, 0.5) is 0 Å². The van der Waals surface area contributed by atoms with Crippen molar-refractivity contribution in [3.63, 3.8) is 0 Å². The highest BCUT2D eigenvalue weighted by Crippen LogP contribution is 2.36. The summed E-state index contributed by atoms with van der Waals surface area (Å²) in [5, 5.41) is 13.7. The van der Waals surface area contributed by atoms with Gasteiger partial charge < -0.3 is 14.5 Å². The molecule has 3 heterocycles. The maximum absolute atomic E-state index is 6.10. The van der Waals surface area contributed by atoms with E-state index < -0.39 is 0 Å². The maximum atomic E-state index is 6.10. The molecule has 6 nitrogen and oxygen atoms in total. The number of fused-ring (bicyclic) bond motifs is 1. The smallest absolute Gasteiger partial charge is 0.174 e. The summed E-state index contributed by atoms with van der Waals surface area (Å²) >= 11 is 3.26. The molecule has 1 aromatic carbocycles. The van der Waals surface area contributed by atoms with Gasteiger partial charge in [0.25, 0.3) is 0 Å². The highest BCUT2D eigenvalue weighted by atomic mass is 32.2. The van der Waals surface area contributed by atoms with Crippen LogP contribution in [0.5, 0.6) is 5.75 Å². The Hall–Kier alpha value is -2.42. The third kappa shape index (κ3) is 5.19. The van der Waals surface area contributed by atoms with E-state index in [-0.39, 0.29) is 0 Å². The average molecular weight is 441 g/mol. The molecule has 0 unspecified atom stereocenters. The first kappa shape index (κ1) is 20.8. The fourth-order valence-corrected chi connectivity index (χ4v) is 4.97. The number of nitrogens with one attached hydrogen (secondary N) is 1. The molecule has 4 rings (SSSR count). The first-order valence-electron chi connectivity index (χ1n) is 9.87. The van der Waals surface area contributed by atoms with Crippen LogP contribution in [0.15, 0.2) is 51.5 Å². The lowest BCUT2D eigenvalue weighted by Crippen LogP contribution is -2.17. The lowest BCUT2D eigenvalue weighted by molar-refractivity contribution is 0.311. The maximum Gasteiger partial charge on any atom is 0.174 e. The van der Waals surface area contributed by atoms with E-state index in [1.807, 2.05) is 37.4 Å². The van der Waals surface area contributed by atoms with Gasteiger partial charge in [0.15, 0.2) is 4.34 Å². The van der Waals surface area contributed by atoms with Crippen molar-refractivity contribution in [3.05, 3.63) is 64.6 Å². The predicted molar refractivity (Wildman–Crippen MR) is 121 cm³/mol. The van der Waals surface area contributed by atoms with Crippen molar-refractivity contribution in [3.8, 4) is 5.75 Å². The monoisotopic (exact) mass is 440 g/mol. The van der Waals surface area contributed by atoms with Gasteiger partial charge in [0.2, 0.25) is 0 Å². The third-order valence-electron chi connectivity index (χ3n) is 4.66. The van der Waals surface area contributed by atoms with Crippen LogP contribution in [-0.2, 0) is 12.3 Å². The summed E-state index contributed by atoms with van der Waals surface area (Å²) in [6, 6.07) is 10.0. The Labute approximate surface area is 184 Å². The van der Waals surface area contributed by atoms with Crippen molar-refractivity contribution in [1.82, 2.24) is 20.5 Å². The average Bonchev–Trinajstić information content (AvgIpc) is 3.33. The molecular weight excluding hydrogens is 416 g/mol. The number of furan rings is 1. The van der Waals surface area contributed by atoms with Gasteiger partial charge in [-0.15, -0.1) is 10.2 Å². The second-order valence-electron chi connectivity index (χ2n) is 6.90. The van der Waals surface area contributed by atoms with Crippen molar-refractivity contribution in [2.75, 3.05) is 13.2 Å². The summed E-state index contributed by atoms with van der Waals surface area (Å²) in [7, 11) is 0. The van der Waals surface area contributed by atoms with Crippen molar-refractivity contribution in [1.29, 1.82) is 0 Å². The minimum Gasteiger partial charge on any atom is -0.493 e. The SMILES string of the molecule is Cc1nnc(SCc2oc3cccc(OCCCNCc4cccnc4)c3c2C)s1. The number of aromatic nitrogens is 3. The van der Waals surface area contributed by atoms with E-state index in [2.05, 4.69) is 33.5 Å². The van der Waals surface area contributed by atoms with Crippen LogP contribution in [-0.4, -0.2) is 28.3 Å². The molecule has 30 heavy (non-hydrogen) atoms. The highest BCUT2D eigenvalue weighted by molar-refractivity contribution is 8.00. The zero-order valence-electron chi connectivity index (χ0n) is 17.1. The molecule has 0 fully saturated rings. The number of nitrogens with zero attached hydrogens (tertiary/aromatic N) is 3. The van der Waals surface area contributed by atoms with E-state index in [9.17, 15) is 0 Å². The minimum atomic E-state index is 0.651. The quantitative estimate of drug-likeness (QED) is 0.270. The van der Waals surface area contributed by atoms with Gasteiger partial charge in [0.05, 0.1) is 17.7 Å². The molecule has 0 aliphatic rings. The molecule has 1 N–H and O–H groups in total. The minimum absolute atomic E-state index is 0.651. The number of benzene rings is 1. The van der Waals surface area contributed by atoms with Crippen molar-refractivity contribution < 1.29 is 9.15 Å². The molecule has 0 saturated carbocycles. The number of pyridine rings is 1. The van der Waals surface area contributed by atoms with Gasteiger partial charge in [0, 0.05) is 24.5 Å². The number of thioether (sulfide) groups is 1. The Kier molecular flexibility index (Phi) is 6.99. The van der Waals surface area contributed by atoms with E-state index in [1.54, 1.807) is 29.3 Å². The molecule has 3 aromatic heterocycles. The number of rotatable bonds is 10. The Balaban J connectivity index is 1.32. The third-order valence-corrected chi connectivity index (χ3v) is 6.63. The van der Waals surface area contributed by atoms with Crippen LogP contribution in [0.3, 0.4) is 0 Å². The normalized spacial score (nSPS) is 11.3. The van der Waals surface area contributed by atoms with Crippen molar-refractivity contribution >= 4 is 34.1 Å². The van der Waals surface area contributed by atoms with Gasteiger partial charge in [-0.1, -0.05) is 35.2 Å². The summed E-state index contributed by atoms with van der Waals surface area (Å²) in [6.45, 7) is 6.41. The molecule has 0 aliphatic carbocycles. The van der Waals surface area contributed by atoms with Crippen LogP contribution in [0.25, 0.3) is 11.0 Å². The van der Waals surface area contributed by atoms with Crippen LogP contribution in [0.2, 0.25) is 0 Å². The fourth-order valence-electron chi connectivity index (χ4n) is 3.15. The molecule has 0 atom stereocenters. The second kappa shape index (κ2) is 10.1.